The van der Waals surface area contributed by atoms with E-state index in [0.29, 0.717) is 40.6 Å². The van der Waals surface area contributed by atoms with Gasteiger partial charge in [-0.2, -0.15) is 5.10 Å². The number of benzene rings is 2. The van der Waals surface area contributed by atoms with Gasteiger partial charge in [0.05, 0.1) is 20.4 Å². The van der Waals surface area contributed by atoms with Crippen LogP contribution in [0.5, 0.6) is 11.5 Å². The number of nitrogens with one attached hydrogen (secondary N) is 2. The lowest BCUT2D eigenvalue weighted by Gasteiger charge is -2.34. The van der Waals surface area contributed by atoms with Crippen molar-refractivity contribution < 1.29 is 19.1 Å². The maximum Gasteiger partial charge on any atom is 0.261 e. The molecule has 0 saturated heterocycles. The Morgan fingerprint density at radius 2 is 1.94 bits per heavy atom. The van der Waals surface area contributed by atoms with Crippen molar-refractivity contribution in [1.29, 1.82) is 0 Å². The van der Waals surface area contributed by atoms with Crippen LogP contribution in [0.15, 0.2) is 66.0 Å². The molecule has 1 amide bonds. The third-order valence-corrected chi connectivity index (χ3v) is 6.05. The van der Waals surface area contributed by atoms with Crippen LogP contribution >= 0.6 is 0 Å². The summed E-state index contributed by atoms with van der Waals surface area (Å²) in [5.41, 5.74) is 3.31. The molecule has 0 saturated carbocycles. The molecule has 0 radical (unpaired) electrons. The fourth-order valence-electron chi connectivity index (χ4n) is 4.48. The third-order valence-electron chi connectivity index (χ3n) is 6.05. The van der Waals surface area contributed by atoms with Crippen LogP contribution in [0.1, 0.15) is 41.2 Å². The molecule has 1 aromatic heterocycles. The molecule has 3 aromatic rings. The van der Waals surface area contributed by atoms with E-state index >= 15 is 0 Å². The molecule has 1 aliphatic carbocycles. The highest BCUT2D eigenvalue weighted by atomic mass is 16.5. The van der Waals surface area contributed by atoms with Crippen molar-refractivity contribution in [2.75, 3.05) is 24.9 Å². The first-order valence-electron chi connectivity index (χ1n) is 10.8. The smallest absolute Gasteiger partial charge is 0.261 e. The maximum absolute atomic E-state index is 13.1. The summed E-state index contributed by atoms with van der Waals surface area (Å²) in [7, 11) is 3.18. The quantitative estimate of drug-likeness (QED) is 0.613. The standard InChI is InChI=1S/C25H24N4O4/c1-32-16-11-12-21(33-2)17(13-16)23-22-19(9-6-10-20(22)30)28-24-18(14-26-29(23)24)25(31)27-15-7-4-3-5-8-15/h3-5,7-8,11-14,23,28H,6,9-10H2,1-2H3,(H,27,31)/t23-/m0/s1. The van der Waals surface area contributed by atoms with Gasteiger partial charge in [0.15, 0.2) is 5.78 Å². The molecule has 0 spiro atoms. The van der Waals surface area contributed by atoms with E-state index < -0.39 is 6.04 Å². The van der Waals surface area contributed by atoms with E-state index in [-0.39, 0.29) is 11.7 Å². The molecule has 1 atom stereocenters. The van der Waals surface area contributed by atoms with Crippen LogP contribution in [0.25, 0.3) is 0 Å². The number of ether oxygens (including phenoxy) is 2. The summed E-state index contributed by atoms with van der Waals surface area (Å²) in [4.78, 5) is 26.2. The normalized spacial score (nSPS) is 17.0. The van der Waals surface area contributed by atoms with E-state index in [4.69, 9.17) is 9.47 Å². The second-order valence-corrected chi connectivity index (χ2v) is 7.98. The average molecular weight is 444 g/mol. The number of fused-ring (bicyclic) bond motifs is 1. The van der Waals surface area contributed by atoms with Gasteiger partial charge in [-0.1, -0.05) is 18.2 Å². The lowest BCUT2D eigenvalue weighted by atomic mass is 9.85. The number of nitrogens with zero attached hydrogens (tertiary/aromatic N) is 2. The number of methoxy groups -OCH3 is 2. The van der Waals surface area contributed by atoms with Crippen LogP contribution in [0.4, 0.5) is 11.5 Å². The zero-order valence-electron chi connectivity index (χ0n) is 18.4. The Morgan fingerprint density at radius 1 is 1.12 bits per heavy atom. The van der Waals surface area contributed by atoms with Crippen molar-refractivity contribution in [2.45, 2.75) is 25.3 Å². The van der Waals surface area contributed by atoms with Gasteiger partial charge < -0.3 is 20.1 Å². The van der Waals surface area contributed by atoms with Crippen molar-refractivity contribution in [2.24, 2.45) is 0 Å². The van der Waals surface area contributed by atoms with E-state index in [0.717, 1.165) is 24.1 Å². The number of carbonyl (C=O) groups is 2. The van der Waals surface area contributed by atoms with Gasteiger partial charge in [-0.25, -0.2) is 4.68 Å². The number of amides is 1. The molecule has 8 nitrogen and oxygen atoms in total. The van der Waals surface area contributed by atoms with Crippen LogP contribution < -0.4 is 20.1 Å². The molecule has 5 rings (SSSR count). The van der Waals surface area contributed by atoms with Crippen molar-refractivity contribution in [3.8, 4) is 11.5 Å². The molecule has 2 N–H and O–H groups in total. The van der Waals surface area contributed by atoms with Crippen molar-refractivity contribution in [1.82, 2.24) is 9.78 Å². The van der Waals surface area contributed by atoms with E-state index in [2.05, 4.69) is 15.7 Å². The van der Waals surface area contributed by atoms with Crippen LogP contribution in [0, 0.1) is 0 Å². The second kappa shape index (κ2) is 8.46. The lowest BCUT2D eigenvalue weighted by Crippen LogP contribution is -2.32. The van der Waals surface area contributed by atoms with Crippen LogP contribution in [0.3, 0.4) is 0 Å². The molecule has 2 aromatic carbocycles. The summed E-state index contributed by atoms with van der Waals surface area (Å²) in [6, 6.07) is 14.2. The number of carbonyl (C=O) groups excluding carboxylic acids is 2. The third kappa shape index (κ3) is 3.63. The van der Waals surface area contributed by atoms with Crippen LogP contribution in [-0.2, 0) is 4.79 Å². The Balaban J connectivity index is 1.64. The zero-order chi connectivity index (χ0) is 22.9. The Bertz CT molecular complexity index is 1260. The number of anilines is 2. The average Bonchev–Trinajstić information content (AvgIpc) is 3.27. The largest absolute Gasteiger partial charge is 0.497 e. The minimum atomic E-state index is -0.535. The first-order chi connectivity index (χ1) is 16.1. The van der Waals surface area contributed by atoms with Gasteiger partial charge in [-0.3, -0.25) is 9.59 Å². The van der Waals surface area contributed by atoms with Crippen molar-refractivity contribution >= 4 is 23.2 Å². The molecule has 2 aliphatic rings. The fraction of sp³-hybridized carbons (Fsp3) is 0.240. The SMILES string of the molecule is COc1ccc(OC)c([C@H]2C3=C(CCCC3=O)Nc3c(C(=O)Nc4ccccc4)cnn32)c1. The van der Waals surface area contributed by atoms with Crippen molar-refractivity contribution in [3.63, 3.8) is 0 Å². The predicted octanol–water partition coefficient (Wildman–Crippen LogP) is 4.17. The highest BCUT2D eigenvalue weighted by Crippen LogP contribution is 2.44. The zero-order valence-corrected chi connectivity index (χ0v) is 18.4. The summed E-state index contributed by atoms with van der Waals surface area (Å²) in [5, 5.41) is 10.8. The summed E-state index contributed by atoms with van der Waals surface area (Å²) in [6.45, 7) is 0. The number of Topliss-reactive ketones (excluding diaryl/α,β-unsaturated/α-hetero) is 1. The van der Waals surface area contributed by atoms with E-state index in [9.17, 15) is 9.59 Å². The predicted molar refractivity (Wildman–Crippen MR) is 124 cm³/mol. The van der Waals surface area contributed by atoms with E-state index in [1.54, 1.807) is 18.9 Å². The lowest BCUT2D eigenvalue weighted by molar-refractivity contribution is -0.116. The van der Waals surface area contributed by atoms with Gasteiger partial charge in [-0.05, 0) is 43.2 Å². The Hall–Kier alpha value is -4.07. The molecular formula is C25H24N4O4. The summed E-state index contributed by atoms with van der Waals surface area (Å²) < 4.78 is 12.8. The van der Waals surface area contributed by atoms with Crippen LogP contribution in [0.2, 0.25) is 0 Å². The molecule has 33 heavy (non-hydrogen) atoms. The van der Waals surface area contributed by atoms with Gasteiger partial charge >= 0.3 is 0 Å². The highest BCUT2D eigenvalue weighted by molar-refractivity contribution is 6.08. The van der Waals surface area contributed by atoms with Crippen LogP contribution in [-0.4, -0.2) is 35.7 Å². The molecule has 1 aliphatic heterocycles. The molecule has 168 valence electrons. The molecular weight excluding hydrogens is 420 g/mol. The number of rotatable bonds is 5. The molecule has 0 fully saturated rings. The second-order valence-electron chi connectivity index (χ2n) is 7.98. The maximum atomic E-state index is 13.1. The summed E-state index contributed by atoms with van der Waals surface area (Å²) in [6.07, 6.45) is 3.48. The molecule has 8 heteroatoms. The topological polar surface area (TPSA) is 94.5 Å². The minimum Gasteiger partial charge on any atom is -0.497 e. The minimum absolute atomic E-state index is 0.0649. The highest BCUT2D eigenvalue weighted by Gasteiger charge is 2.39. The van der Waals surface area contributed by atoms with Gasteiger partial charge in [0.25, 0.3) is 5.91 Å². The Kier molecular flexibility index (Phi) is 5.34. The van der Waals surface area contributed by atoms with E-state index in [1.807, 2.05) is 48.5 Å². The number of aromatic nitrogens is 2. The molecule has 0 bridgehead atoms. The number of ketones is 1. The van der Waals surface area contributed by atoms with Gasteiger partial charge in [-0.15, -0.1) is 0 Å². The number of hydrogen-bond acceptors (Lipinski definition) is 6. The molecule has 2 heterocycles. The number of allylic oxidation sites excluding steroid dienone is 2. The van der Waals surface area contributed by atoms with Gasteiger partial charge in [0.1, 0.15) is 28.9 Å². The van der Waals surface area contributed by atoms with Crippen molar-refractivity contribution in [3.05, 3.63) is 77.1 Å². The van der Waals surface area contributed by atoms with Gasteiger partial charge in [0, 0.05) is 28.9 Å². The first kappa shape index (κ1) is 20.8. The number of hydrogen-bond donors (Lipinski definition) is 2. The fourth-order valence-corrected chi connectivity index (χ4v) is 4.48. The number of para-hydroxylation sites is 1. The monoisotopic (exact) mass is 444 g/mol. The first-order valence-corrected chi connectivity index (χ1v) is 10.8. The summed E-state index contributed by atoms with van der Waals surface area (Å²) in [5.74, 6) is 1.59. The van der Waals surface area contributed by atoms with E-state index in [1.165, 1.54) is 6.20 Å². The van der Waals surface area contributed by atoms with Gasteiger partial charge in [0.2, 0.25) is 0 Å². The molecule has 0 unspecified atom stereocenters. The summed E-state index contributed by atoms with van der Waals surface area (Å²) >= 11 is 0. The Labute approximate surface area is 191 Å². The Morgan fingerprint density at radius 3 is 2.70 bits per heavy atom.